The molecular formula is C27H36N4O4. The third-order valence-corrected chi connectivity index (χ3v) is 7.18. The van der Waals surface area contributed by atoms with Gasteiger partial charge in [0, 0.05) is 17.8 Å². The fourth-order valence-electron chi connectivity index (χ4n) is 5.23. The molecule has 2 heterocycles. The molecule has 0 saturated heterocycles. The number of anilines is 1. The number of amides is 2. The zero-order valence-electron chi connectivity index (χ0n) is 21.0. The number of benzene rings is 1. The van der Waals surface area contributed by atoms with Crippen LogP contribution in [-0.2, 0) is 22.5 Å². The van der Waals surface area contributed by atoms with Crippen molar-refractivity contribution in [3.63, 3.8) is 0 Å². The van der Waals surface area contributed by atoms with E-state index in [2.05, 4.69) is 10.4 Å². The molecule has 188 valence electrons. The average molecular weight is 481 g/mol. The van der Waals surface area contributed by atoms with Gasteiger partial charge in [-0.1, -0.05) is 57.2 Å². The standard InChI is InChI=1S/C27H36N4O4/c1-4-19-13-11-12-16-22(19)31-24(32)23-17-21(25(33)35-5-2)29-30(23)18-27(31,3)26(34)28-20-14-9-7-6-8-10-15-20/h11-13,16-17,20H,4-10,14-15,18H2,1-3H3,(H,28,34). The van der Waals surface area contributed by atoms with Gasteiger partial charge in [0.2, 0.25) is 5.91 Å². The van der Waals surface area contributed by atoms with Crippen LogP contribution < -0.4 is 10.2 Å². The Morgan fingerprint density at radius 1 is 1.11 bits per heavy atom. The number of nitrogens with zero attached hydrogens (tertiary/aromatic N) is 3. The Morgan fingerprint density at radius 2 is 1.80 bits per heavy atom. The molecule has 0 bridgehead atoms. The highest BCUT2D eigenvalue weighted by Gasteiger charge is 2.50. The van der Waals surface area contributed by atoms with Crippen LogP contribution in [0.4, 0.5) is 5.69 Å². The van der Waals surface area contributed by atoms with Gasteiger partial charge < -0.3 is 10.1 Å². The molecule has 8 nitrogen and oxygen atoms in total. The number of rotatable bonds is 6. The van der Waals surface area contributed by atoms with Gasteiger partial charge in [-0.15, -0.1) is 0 Å². The molecule has 1 N–H and O–H groups in total. The summed E-state index contributed by atoms with van der Waals surface area (Å²) in [6.45, 7) is 5.91. The Morgan fingerprint density at radius 3 is 2.49 bits per heavy atom. The van der Waals surface area contributed by atoms with E-state index in [-0.39, 0.29) is 42.4 Å². The molecule has 2 amide bonds. The van der Waals surface area contributed by atoms with Gasteiger partial charge in [0.05, 0.1) is 13.2 Å². The van der Waals surface area contributed by atoms with Gasteiger partial charge in [-0.05, 0) is 44.7 Å². The first kappa shape index (κ1) is 24.9. The van der Waals surface area contributed by atoms with Gasteiger partial charge >= 0.3 is 5.97 Å². The Labute approximate surface area is 207 Å². The lowest BCUT2D eigenvalue weighted by Gasteiger charge is -2.44. The Hall–Kier alpha value is -3.16. The molecule has 2 aliphatic rings. The van der Waals surface area contributed by atoms with E-state index >= 15 is 0 Å². The first-order valence-electron chi connectivity index (χ1n) is 12.9. The minimum atomic E-state index is -1.21. The first-order valence-corrected chi connectivity index (χ1v) is 12.9. The van der Waals surface area contributed by atoms with E-state index in [0.717, 1.165) is 31.2 Å². The number of hydrogen-bond donors (Lipinski definition) is 1. The predicted octanol–water partition coefficient (Wildman–Crippen LogP) is 4.27. The van der Waals surface area contributed by atoms with Crippen molar-refractivity contribution in [1.29, 1.82) is 0 Å². The normalized spacial score (nSPS) is 21.1. The lowest BCUT2D eigenvalue weighted by molar-refractivity contribution is -0.127. The second-order valence-corrected chi connectivity index (χ2v) is 9.71. The summed E-state index contributed by atoms with van der Waals surface area (Å²) in [6.07, 6.45) is 8.41. The quantitative estimate of drug-likeness (QED) is 0.623. The molecule has 1 aliphatic heterocycles. The molecule has 35 heavy (non-hydrogen) atoms. The van der Waals surface area contributed by atoms with Crippen LogP contribution in [0.3, 0.4) is 0 Å². The van der Waals surface area contributed by atoms with Crippen LogP contribution in [0.5, 0.6) is 0 Å². The fraction of sp³-hybridized carbons (Fsp3) is 0.556. The molecule has 1 aromatic heterocycles. The smallest absolute Gasteiger partial charge is 0.358 e. The lowest BCUT2D eigenvalue weighted by atomic mass is 9.91. The largest absolute Gasteiger partial charge is 0.461 e. The highest BCUT2D eigenvalue weighted by Crippen LogP contribution is 2.35. The number of para-hydroxylation sites is 1. The van der Waals surface area contributed by atoms with Gasteiger partial charge in [0.25, 0.3) is 5.91 Å². The van der Waals surface area contributed by atoms with Crippen molar-refractivity contribution in [3.8, 4) is 0 Å². The summed E-state index contributed by atoms with van der Waals surface area (Å²) in [5.41, 5.74) is 0.819. The summed E-state index contributed by atoms with van der Waals surface area (Å²) in [5, 5.41) is 7.63. The van der Waals surface area contributed by atoms with Gasteiger partial charge in [0.1, 0.15) is 11.2 Å². The van der Waals surface area contributed by atoms with E-state index in [1.807, 2.05) is 31.2 Å². The van der Waals surface area contributed by atoms with Crippen LogP contribution in [0.2, 0.25) is 0 Å². The minimum absolute atomic E-state index is 0.0728. The summed E-state index contributed by atoms with van der Waals surface area (Å²) in [6, 6.07) is 9.24. The maximum atomic E-state index is 13.9. The summed E-state index contributed by atoms with van der Waals surface area (Å²) >= 11 is 0. The van der Waals surface area contributed by atoms with Crippen LogP contribution >= 0.6 is 0 Å². The molecule has 4 rings (SSSR count). The second kappa shape index (κ2) is 10.6. The van der Waals surface area contributed by atoms with Gasteiger partial charge in [-0.25, -0.2) is 4.79 Å². The molecule has 1 aromatic carbocycles. The van der Waals surface area contributed by atoms with Crippen molar-refractivity contribution in [2.45, 2.75) is 90.3 Å². The third-order valence-electron chi connectivity index (χ3n) is 7.18. The van der Waals surface area contributed by atoms with Crippen LogP contribution in [-0.4, -0.2) is 45.8 Å². The highest BCUT2D eigenvalue weighted by molar-refractivity contribution is 6.12. The monoisotopic (exact) mass is 480 g/mol. The van der Waals surface area contributed by atoms with E-state index in [4.69, 9.17) is 4.74 Å². The number of hydrogen-bond acceptors (Lipinski definition) is 5. The molecule has 8 heteroatoms. The van der Waals surface area contributed by atoms with Crippen molar-refractivity contribution in [2.75, 3.05) is 11.5 Å². The Balaban J connectivity index is 1.74. The molecule has 1 aliphatic carbocycles. The lowest BCUT2D eigenvalue weighted by Crippen LogP contribution is -2.65. The van der Waals surface area contributed by atoms with Crippen molar-refractivity contribution in [1.82, 2.24) is 15.1 Å². The summed E-state index contributed by atoms with van der Waals surface area (Å²) in [7, 11) is 0. The first-order chi connectivity index (χ1) is 16.9. The number of aryl methyl sites for hydroxylation is 1. The molecule has 1 saturated carbocycles. The topological polar surface area (TPSA) is 93.5 Å². The number of nitrogens with one attached hydrogen (secondary N) is 1. The number of aromatic nitrogens is 2. The number of carbonyl (C=O) groups excluding carboxylic acids is 3. The summed E-state index contributed by atoms with van der Waals surface area (Å²) in [4.78, 5) is 41.8. The van der Waals surface area contributed by atoms with Gasteiger partial charge in [-0.2, -0.15) is 5.10 Å². The van der Waals surface area contributed by atoms with Crippen molar-refractivity contribution < 1.29 is 19.1 Å². The zero-order chi connectivity index (χ0) is 25.0. The molecule has 2 aromatic rings. The number of carbonyl (C=O) groups is 3. The van der Waals surface area contributed by atoms with Gasteiger partial charge in [-0.3, -0.25) is 19.2 Å². The Kier molecular flexibility index (Phi) is 7.57. The number of esters is 1. The second-order valence-electron chi connectivity index (χ2n) is 9.71. The van der Waals surface area contributed by atoms with Crippen molar-refractivity contribution in [3.05, 3.63) is 47.3 Å². The zero-order valence-corrected chi connectivity index (χ0v) is 21.0. The van der Waals surface area contributed by atoms with Crippen LogP contribution in [0.1, 0.15) is 92.3 Å². The minimum Gasteiger partial charge on any atom is -0.461 e. The maximum absolute atomic E-state index is 13.9. The van der Waals surface area contributed by atoms with Crippen molar-refractivity contribution >= 4 is 23.5 Å². The molecule has 1 fully saturated rings. The molecule has 0 spiro atoms. The Bertz CT molecular complexity index is 1090. The van der Waals surface area contributed by atoms with E-state index in [1.165, 1.54) is 30.0 Å². The molecule has 0 radical (unpaired) electrons. The van der Waals surface area contributed by atoms with Crippen LogP contribution in [0, 0.1) is 0 Å². The fourth-order valence-corrected chi connectivity index (χ4v) is 5.23. The number of ether oxygens (including phenoxy) is 1. The van der Waals surface area contributed by atoms with E-state index < -0.39 is 11.5 Å². The van der Waals surface area contributed by atoms with Crippen LogP contribution in [0.25, 0.3) is 0 Å². The van der Waals surface area contributed by atoms with E-state index in [1.54, 1.807) is 18.7 Å². The van der Waals surface area contributed by atoms with E-state index in [0.29, 0.717) is 12.1 Å². The molecule has 1 atom stereocenters. The number of fused-ring (bicyclic) bond motifs is 1. The maximum Gasteiger partial charge on any atom is 0.358 e. The molecule has 1 unspecified atom stereocenters. The molecular weight excluding hydrogens is 444 g/mol. The predicted molar refractivity (Wildman–Crippen MR) is 133 cm³/mol. The van der Waals surface area contributed by atoms with Crippen LogP contribution in [0.15, 0.2) is 30.3 Å². The average Bonchev–Trinajstić information content (AvgIpc) is 3.25. The third kappa shape index (κ3) is 4.97. The van der Waals surface area contributed by atoms with E-state index in [9.17, 15) is 14.4 Å². The SMILES string of the molecule is CCOC(=O)c1cc2n(n1)CC(C)(C(=O)NC1CCCCCCC1)N(c1ccccc1CC)C2=O. The van der Waals surface area contributed by atoms with Crippen molar-refractivity contribution in [2.24, 2.45) is 0 Å². The highest BCUT2D eigenvalue weighted by atomic mass is 16.5. The van der Waals surface area contributed by atoms with Gasteiger partial charge in [0.15, 0.2) is 5.69 Å². The summed E-state index contributed by atoms with van der Waals surface area (Å²) in [5.74, 6) is -1.12. The summed E-state index contributed by atoms with van der Waals surface area (Å²) < 4.78 is 6.58.